The molecule has 164 valence electrons. The van der Waals surface area contributed by atoms with Crippen molar-refractivity contribution in [2.75, 3.05) is 12.4 Å². The smallest absolute Gasteiger partial charge is 0.319 e. The second-order valence-corrected chi connectivity index (χ2v) is 7.54. The van der Waals surface area contributed by atoms with Crippen LogP contribution in [0.3, 0.4) is 0 Å². The van der Waals surface area contributed by atoms with Gasteiger partial charge in [-0.2, -0.15) is 10.2 Å². The Bertz CT molecular complexity index is 1210. The first-order valence-electron chi connectivity index (χ1n) is 10.3. The van der Waals surface area contributed by atoms with Gasteiger partial charge in [-0.05, 0) is 67.9 Å². The van der Waals surface area contributed by atoms with Crippen LogP contribution in [-0.4, -0.2) is 32.7 Å². The number of ether oxygens (including phenoxy) is 1. The number of urea groups is 1. The minimum atomic E-state index is -0.285. The van der Waals surface area contributed by atoms with E-state index in [4.69, 9.17) is 4.74 Å². The first-order valence-corrected chi connectivity index (χ1v) is 10.3. The van der Waals surface area contributed by atoms with E-state index < -0.39 is 0 Å². The highest BCUT2D eigenvalue weighted by molar-refractivity contribution is 5.89. The number of rotatable bonds is 7. The van der Waals surface area contributed by atoms with Crippen LogP contribution in [0.4, 0.5) is 10.5 Å². The molecule has 0 aliphatic rings. The normalized spacial score (nSPS) is 10.7. The van der Waals surface area contributed by atoms with Crippen molar-refractivity contribution in [2.45, 2.75) is 26.9 Å². The molecule has 4 rings (SSSR count). The molecule has 8 nitrogen and oxygen atoms in total. The van der Waals surface area contributed by atoms with Crippen molar-refractivity contribution in [1.82, 2.24) is 24.9 Å². The zero-order valence-electron chi connectivity index (χ0n) is 18.4. The number of hydrogen-bond acceptors (Lipinski definition) is 4. The highest BCUT2D eigenvalue weighted by Gasteiger charge is 2.07. The number of aryl methyl sites for hydroxylation is 2. The molecule has 0 spiro atoms. The number of amides is 2. The second kappa shape index (κ2) is 9.38. The molecule has 2 aromatic carbocycles. The molecular weight excluding hydrogens is 404 g/mol. The van der Waals surface area contributed by atoms with Crippen LogP contribution in [0.1, 0.15) is 22.6 Å². The lowest BCUT2D eigenvalue weighted by molar-refractivity contribution is 0.251. The predicted octanol–water partition coefficient (Wildman–Crippen LogP) is 4.06. The van der Waals surface area contributed by atoms with E-state index in [1.54, 1.807) is 11.8 Å². The summed E-state index contributed by atoms with van der Waals surface area (Å²) in [6.45, 7) is 4.98. The Morgan fingerprint density at radius 3 is 2.56 bits per heavy atom. The van der Waals surface area contributed by atoms with E-state index in [2.05, 4.69) is 20.8 Å². The van der Waals surface area contributed by atoms with Gasteiger partial charge in [0.25, 0.3) is 0 Å². The van der Waals surface area contributed by atoms with Gasteiger partial charge in [-0.3, -0.25) is 4.68 Å². The lowest BCUT2D eigenvalue weighted by Gasteiger charge is -2.09. The summed E-state index contributed by atoms with van der Waals surface area (Å²) >= 11 is 0. The van der Waals surface area contributed by atoms with Crippen LogP contribution in [0.15, 0.2) is 66.9 Å². The van der Waals surface area contributed by atoms with Crippen molar-refractivity contribution >= 4 is 11.7 Å². The molecule has 0 aliphatic heterocycles. The number of carbonyl (C=O) groups is 1. The molecule has 2 amide bonds. The van der Waals surface area contributed by atoms with E-state index in [0.717, 1.165) is 39.8 Å². The molecule has 4 aromatic rings. The first-order chi connectivity index (χ1) is 15.5. The maximum Gasteiger partial charge on any atom is 0.319 e. The third kappa shape index (κ3) is 5.15. The van der Waals surface area contributed by atoms with E-state index in [9.17, 15) is 4.79 Å². The Balaban J connectivity index is 1.32. The van der Waals surface area contributed by atoms with Gasteiger partial charge in [0.15, 0.2) is 0 Å². The zero-order chi connectivity index (χ0) is 22.5. The molecule has 0 saturated carbocycles. The van der Waals surface area contributed by atoms with Crippen LogP contribution in [0.25, 0.3) is 5.69 Å². The van der Waals surface area contributed by atoms with E-state index in [1.807, 2.05) is 85.4 Å². The van der Waals surface area contributed by atoms with E-state index in [-0.39, 0.29) is 6.03 Å². The van der Waals surface area contributed by atoms with Gasteiger partial charge in [0.2, 0.25) is 0 Å². The van der Waals surface area contributed by atoms with Gasteiger partial charge < -0.3 is 15.4 Å². The van der Waals surface area contributed by atoms with Gasteiger partial charge >= 0.3 is 6.03 Å². The summed E-state index contributed by atoms with van der Waals surface area (Å²) in [4.78, 5) is 12.4. The fraction of sp³-hybridized carbons (Fsp3) is 0.208. The molecule has 0 fully saturated rings. The molecule has 0 radical (unpaired) electrons. The second-order valence-electron chi connectivity index (χ2n) is 7.54. The van der Waals surface area contributed by atoms with Crippen molar-refractivity contribution < 1.29 is 9.53 Å². The summed E-state index contributed by atoms with van der Waals surface area (Å²) in [7, 11) is 1.63. The van der Waals surface area contributed by atoms with Crippen LogP contribution in [0.2, 0.25) is 0 Å². The first kappa shape index (κ1) is 21.2. The topological polar surface area (TPSA) is 86.0 Å². The number of methoxy groups -OCH3 is 1. The number of nitrogens with zero attached hydrogens (tertiary/aromatic N) is 4. The van der Waals surface area contributed by atoms with Crippen molar-refractivity contribution in [1.29, 1.82) is 0 Å². The standard InChI is InChI=1S/C24H26N6O2/c1-17-13-18(2)30(27-17)16-19-5-4-6-20(14-19)26-24(31)25-15-21-11-12-29(28-21)22-7-9-23(32-3)10-8-22/h4-14H,15-16H2,1-3H3,(H2,25,26,31). The molecule has 0 atom stereocenters. The van der Waals surface area contributed by atoms with E-state index in [0.29, 0.717) is 13.1 Å². The molecule has 0 saturated heterocycles. The molecule has 2 heterocycles. The summed E-state index contributed by atoms with van der Waals surface area (Å²) in [5.41, 5.74) is 5.56. The SMILES string of the molecule is COc1ccc(-n2ccc(CNC(=O)Nc3cccc(Cn4nc(C)cc4C)c3)n2)cc1. The fourth-order valence-corrected chi connectivity index (χ4v) is 3.44. The van der Waals surface area contributed by atoms with Crippen LogP contribution < -0.4 is 15.4 Å². The molecule has 2 aromatic heterocycles. The monoisotopic (exact) mass is 430 g/mol. The fourth-order valence-electron chi connectivity index (χ4n) is 3.44. The largest absolute Gasteiger partial charge is 0.497 e. The summed E-state index contributed by atoms with van der Waals surface area (Å²) in [5.74, 6) is 0.790. The average Bonchev–Trinajstić information content (AvgIpc) is 3.38. The van der Waals surface area contributed by atoms with Crippen molar-refractivity contribution in [2.24, 2.45) is 0 Å². The van der Waals surface area contributed by atoms with Gasteiger partial charge in [0.05, 0.1) is 37.3 Å². The van der Waals surface area contributed by atoms with Crippen molar-refractivity contribution in [3.05, 3.63) is 89.5 Å². The number of anilines is 1. The van der Waals surface area contributed by atoms with Gasteiger partial charge in [-0.25, -0.2) is 9.48 Å². The number of nitrogens with one attached hydrogen (secondary N) is 2. The molecule has 8 heteroatoms. The number of aromatic nitrogens is 4. The third-order valence-corrected chi connectivity index (χ3v) is 5.03. The van der Waals surface area contributed by atoms with Gasteiger partial charge in [0.1, 0.15) is 5.75 Å². The van der Waals surface area contributed by atoms with Crippen molar-refractivity contribution in [3.8, 4) is 11.4 Å². The van der Waals surface area contributed by atoms with Gasteiger partial charge in [-0.1, -0.05) is 12.1 Å². The van der Waals surface area contributed by atoms with Crippen LogP contribution in [0.5, 0.6) is 5.75 Å². The Morgan fingerprint density at radius 1 is 1.03 bits per heavy atom. The highest BCUT2D eigenvalue weighted by Crippen LogP contribution is 2.15. The summed E-state index contributed by atoms with van der Waals surface area (Å²) in [6.07, 6.45) is 1.86. The summed E-state index contributed by atoms with van der Waals surface area (Å²) < 4.78 is 8.89. The van der Waals surface area contributed by atoms with Gasteiger partial charge in [-0.15, -0.1) is 0 Å². The quantitative estimate of drug-likeness (QED) is 0.463. The Labute approximate surface area is 186 Å². The third-order valence-electron chi connectivity index (χ3n) is 5.03. The van der Waals surface area contributed by atoms with E-state index in [1.165, 1.54) is 0 Å². The Kier molecular flexibility index (Phi) is 6.21. The maximum atomic E-state index is 12.4. The summed E-state index contributed by atoms with van der Waals surface area (Å²) in [5, 5.41) is 14.7. The average molecular weight is 431 g/mol. The molecule has 0 unspecified atom stereocenters. The summed E-state index contributed by atoms with van der Waals surface area (Å²) in [6, 6.07) is 19.0. The van der Waals surface area contributed by atoms with E-state index >= 15 is 0 Å². The minimum Gasteiger partial charge on any atom is -0.497 e. The highest BCUT2D eigenvalue weighted by atomic mass is 16.5. The van der Waals surface area contributed by atoms with Crippen LogP contribution in [0, 0.1) is 13.8 Å². The minimum absolute atomic E-state index is 0.285. The van der Waals surface area contributed by atoms with Gasteiger partial charge in [0, 0.05) is 17.6 Å². The molecule has 0 aliphatic carbocycles. The maximum absolute atomic E-state index is 12.4. The van der Waals surface area contributed by atoms with Crippen LogP contribution in [-0.2, 0) is 13.1 Å². The number of carbonyl (C=O) groups excluding carboxylic acids is 1. The van der Waals surface area contributed by atoms with Crippen molar-refractivity contribution in [3.63, 3.8) is 0 Å². The number of hydrogen-bond donors (Lipinski definition) is 2. The molecule has 0 bridgehead atoms. The zero-order valence-corrected chi connectivity index (χ0v) is 18.4. The van der Waals surface area contributed by atoms with Crippen LogP contribution >= 0.6 is 0 Å². The molecule has 32 heavy (non-hydrogen) atoms. The molecule has 2 N–H and O–H groups in total. The lowest BCUT2D eigenvalue weighted by Crippen LogP contribution is -2.28. The Morgan fingerprint density at radius 2 is 1.84 bits per heavy atom. The number of benzene rings is 2. The lowest BCUT2D eigenvalue weighted by atomic mass is 10.2. The molecular formula is C24H26N6O2. The predicted molar refractivity (Wildman–Crippen MR) is 123 cm³/mol. The Hall–Kier alpha value is -4.07.